The van der Waals surface area contributed by atoms with Crippen LogP contribution in [-0.2, 0) is 17.4 Å². The predicted octanol–water partition coefficient (Wildman–Crippen LogP) is 4.70. The highest BCUT2D eigenvalue weighted by Crippen LogP contribution is 2.32. The number of amides is 1. The van der Waals surface area contributed by atoms with Crippen LogP contribution in [0.2, 0.25) is 0 Å². The summed E-state index contributed by atoms with van der Waals surface area (Å²) in [6, 6.07) is 17.9. The van der Waals surface area contributed by atoms with E-state index >= 15 is 0 Å². The van der Waals surface area contributed by atoms with Crippen LogP contribution in [0.15, 0.2) is 59.0 Å². The molecule has 3 aromatic rings. The molecule has 1 saturated heterocycles. The van der Waals surface area contributed by atoms with Gasteiger partial charge >= 0.3 is 12.1 Å². The van der Waals surface area contributed by atoms with Gasteiger partial charge < -0.3 is 9.32 Å². The van der Waals surface area contributed by atoms with Crippen LogP contribution in [0.25, 0.3) is 11.1 Å². The molecule has 0 spiro atoms. The van der Waals surface area contributed by atoms with E-state index in [2.05, 4.69) is 10.2 Å². The summed E-state index contributed by atoms with van der Waals surface area (Å²) in [6.45, 7) is 0.907. The van der Waals surface area contributed by atoms with Crippen molar-refractivity contribution in [2.75, 3.05) is 13.1 Å². The van der Waals surface area contributed by atoms with Gasteiger partial charge in [-0.3, -0.25) is 4.79 Å². The molecule has 0 bridgehead atoms. The largest absolute Gasteiger partial charge is 0.470 e. The molecule has 30 heavy (non-hydrogen) atoms. The Hall–Kier alpha value is -3.16. The molecule has 1 aromatic heterocycles. The minimum atomic E-state index is -4.64. The number of halogens is 3. The van der Waals surface area contributed by atoms with Gasteiger partial charge in [-0.1, -0.05) is 54.6 Å². The van der Waals surface area contributed by atoms with Gasteiger partial charge in [0.05, 0.1) is 6.42 Å². The summed E-state index contributed by atoms with van der Waals surface area (Å²) in [5.41, 5.74) is 3.13. The Balaban J connectivity index is 1.32. The van der Waals surface area contributed by atoms with Crippen LogP contribution in [0.1, 0.15) is 36.1 Å². The van der Waals surface area contributed by atoms with E-state index in [9.17, 15) is 18.0 Å². The third-order valence-electron chi connectivity index (χ3n) is 5.30. The summed E-state index contributed by atoms with van der Waals surface area (Å²) >= 11 is 0. The Labute approximate surface area is 171 Å². The second-order valence-corrected chi connectivity index (χ2v) is 7.34. The maximum atomic E-state index is 12.6. The maximum Gasteiger partial charge on any atom is 0.470 e. The number of benzene rings is 2. The zero-order valence-corrected chi connectivity index (χ0v) is 16.1. The van der Waals surface area contributed by atoms with E-state index in [0.717, 1.165) is 16.7 Å². The van der Waals surface area contributed by atoms with Crippen molar-refractivity contribution in [2.24, 2.45) is 0 Å². The molecule has 5 nitrogen and oxygen atoms in total. The van der Waals surface area contributed by atoms with E-state index in [1.54, 1.807) is 4.90 Å². The number of likely N-dealkylation sites (tertiary alicyclic amines) is 1. The zero-order chi connectivity index (χ0) is 21.1. The van der Waals surface area contributed by atoms with Gasteiger partial charge in [-0.2, -0.15) is 13.2 Å². The number of hydrogen-bond acceptors (Lipinski definition) is 4. The van der Waals surface area contributed by atoms with Gasteiger partial charge in [-0.25, -0.2) is 0 Å². The first-order chi connectivity index (χ1) is 14.4. The van der Waals surface area contributed by atoms with Crippen LogP contribution in [0, 0.1) is 0 Å². The average Bonchev–Trinajstić information content (AvgIpc) is 3.26. The number of carbonyl (C=O) groups is 1. The van der Waals surface area contributed by atoms with E-state index < -0.39 is 12.1 Å². The van der Waals surface area contributed by atoms with Gasteiger partial charge in [0.15, 0.2) is 0 Å². The predicted molar refractivity (Wildman–Crippen MR) is 103 cm³/mol. The molecule has 2 heterocycles. The van der Waals surface area contributed by atoms with Gasteiger partial charge in [0, 0.05) is 19.0 Å². The summed E-state index contributed by atoms with van der Waals surface area (Å²) < 4.78 is 42.6. The van der Waals surface area contributed by atoms with Crippen molar-refractivity contribution < 1.29 is 22.4 Å². The van der Waals surface area contributed by atoms with E-state index in [1.165, 1.54) is 0 Å². The van der Waals surface area contributed by atoms with Crippen LogP contribution >= 0.6 is 0 Å². The number of aromatic nitrogens is 2. The molecule has 1 aliphatic rings. The third kappa shape index (κ3) is 4.53. The van der Waals surface area contributed by atoms with Crippen molar-refractivity contribution in [3.8, 4) is 11.1 Å². The highest BCUT2D eigenvalue weighted by molar-refractivity contribution is 5.79. The van der Waals surface area contributed by atoms with Crippen molar-refractivity contribution in [3.63, 3.8) is 0 Å². The summed E-state index contributed by atoms with van der Waals surface area (Å²) in [5, 5.41) is 6.62. The van der Waals surface area contributed by atoms with Gasteiger partial charge in [-0.05, 0) is 29.5 Å². The minimum Gasteiger partial charge on any atom is -0.417 e. The summed E-state index contributed by atoms with van der Waals surface area (Å²) in [5.74, 6) is -1.59. The molecule has 0 aliphatic carbocycles. The Bertz CT molecular complexity index is 992. The fourth-order valence-electron chi connectivity index (χ4n) is 3.62. The molecule has 0 atom stereocenters. The standard InChI is InChI=1S/C22H20F3N3O2/c23-22(24,25)21-27-26-20(30-21)18-10-12-28(13-11-18)19(29)14-15-6-8-17(9-7-15)16-4-2-1-3-5-16/h1-9,18H,10-14H2. The van der Waals surface area contributed by atoms with E-state index in [4.69, 9.17) is 4.42 Å². The lowest BCUT2D eigenvalue weighted by Gasteiger charge is -2.30. The SMILES string of the molecule is O=C(Cc1ccc(-c2ccccc2)cc1)N1CCC(c2nnc(C(F)(F)F)o2)CC1. The molecule has 0 unspecified atom stereocenters. The Kier molecular flexibility index (Phi) is 5.57. The molecular weight excluding hydrogens is 395 g/mol. The third-order valence-corrected chi connectivity index (χ3v) is 5.30. The molecule has 8 heteroatoms. The molecule has 2 aromatic carbocycles. The molecular formula is C22H20F3N3O2. The van der Waals surface area contributed by atoms with Gasteiger partial charge in [0.25, 0.3) is 0 Å². The molecule has 0 radical (unpaired) electrons. The molecule has 156 valence electrons. The minimum absolute atomic E-state index is 0.00224. The lowest BCUT2D eigenvalue weighted by Crippen LogP contribution is -2.38. The van der Waals surface area contributed by atoms with Crippen LogP contribution in [0.4, 0.5) is 13.2 Å². The topological polar surface area (TPSA) is 59.2 Å². The van der Waals surface area contributed by atoms with Crippen LogP contribution in [-0.4, -0.2) is 34.1 Å². The first-order valence-corrected chi connectivity index (χ1v) is 9.73. The number of carbonyl (C=O) groups excluding carboxylic acids is 1. The van der Waals surface area contributed by atoms with Crippen molar-refractivity contribution in [1.82, 2.24) is 15.1 Å². The lowest BCUT2D eigenvalue weighted by atomic mass is 9.96. The van der Waals surface area contributed by atoms with E-state index in [0.29, 0.717) is 32.4 Å². The van der Waals surface area contributed by atoms with Crippen LogP contribution in [0.3, 0.4) is 0 Å². The Morgan fingerprint density at radius 3 is 2.20 bits per heavy atom. The zero-order valence-electron chi connectivity index (χ0n) is 16.1. The molecule has 1 aliphatic heterocycles. The fourth-order valence-corrected chi connectivity index (χ4v) is 3.62. The number of hydrogen-bond donors (Lipinski definition) is 0. The highest BCUT2D eigenvalue weighted by atomic mass is 19.4. The smallest absolute Gasteiger partial charge is 0.417 e. The lowest BCUT2D eigenvalue weighted by molar-refractivity contribution is -0.157. The van der Waals surface area contributed by atoms with Crippen LogP contribution in [0.5, 0.6) is 0 Å². The normalized spacial score (nSPS) is 15.4. The highest BCUT2D eigenvalue weighted by Gasteiger charge is 2.39. The summed E-state index contributed by atoms with van der Waals surface area (Å²) in [4.78, 5) is 14.4. The molecule has 0 N–H and O–H groups in total. The summed E-state index contributed by atoms with van der Waals surface area (Å²) in [6.07, 6.45) is -3.35. The first kappa shape index (κ1) is 20.1. The Morgan fingerprint density at radius 2 is 1.60 bits per heavy atom. The number of nitrogens with zero attached hydrogens (tertiary/aromatic N) is 3. The van der Waals surface area contributed by atoms with Crippen molar-refractivity contribution >= 4 is 5.91 Å². The van der Waals surface area contributed by atoms with Crippen molar-refractivity contribution in [3.05, 3.63) is 71.9 Å². The second-order valence-electron chi connectivity index (χ2n) is 7.34. The van der Waals surface area contributed by atoms with Gasteiger partial charge in [0.1, 0.15) is 0 Å². The van der Waals surface area contributed by atoms with Crippen molar-refractivity contribution in [2.45, 2.75) is 31.4 Å². The van der Waals surface area contributed by atoms with E-state index in [-0.39, 0.29) is 17.7 Å². The molecule has 1 amide bonds. The quantitative estimate of drug-likeness (QED) is 0.620. The monoisotopic (exact) mass is 415 g/mol. The van der Waals surface area contributed by atoms with Gasteiger partial charge in [0.2, 0.25) is 11.8 Å². The average molecular weight is 415 g/mol. The second kappa shape index (κ2) is 8.30. The Morgan fingerprint density at radius 1 is 0.967 bits per heavy atom. The summed E-state index contributed by atoms with van der Waals surface area (Å²) in [7, 11) is 0. The number of alkyl halides is 3. The van der Waals surface area contributed by atoms with E-state index in [1.807, 2.05) is 54.6 Å². The molecule has 0 saturated carbocycles. The molecule has 1 fully saturated rings. The van der Waals surface area contributed by atoms with Crippen LogP contribution < -0.4 is 0 Å². The first-order valence-electron chi connectivity index (χ1n) is 9.73. The number of piperidine rings is 1. The number of rotatable bonds is 4. The maximum absolute atomic E-state index is 12.6. The van der Waals surface area contributed by atoms with Gasteiger partial charge in [-0.15, -0.1) is 10.2 Å². The molecule has 4 rings (SSSR count). The van der Waals surface area contributed by atoms with Crippen molar-refractivity contribution in [1.29, 1.82) is 0 Å². The fraction of sp³-hybridized carbons (Fsp3) is 0.318.